The third-order valence-electron chi connectivity index (χ3n) is 3.88. The van der Waals surface area contributed by atoms with Gasteiger partial charge in [-0.3, -0.25) is 0 Å². The molecule has 1 aliphatic rings. The van der Waals surface area contributed by atoms with E-state index in [2.05, 4.69) is 38.3 Å². The Labute approximate surface area is 107 Å². The van der Waals surface area contributed by atoms with Gasteiger partial charge in [-0.15, -0.1) is 0 Å². The highest BCUT2D eigenvalue weighted by molar-refractivity contribution is 7.80. The van der Waals surface area contributed by atoms with Gasteiger partial charge >= 0.3 is 0 Å². The van der Waals surface area contributed by atoms with Gasteiger partial charge in [-0.25, -0.2) is 0 Å². The van der Waals surface area contributed by atoms with E-state index < -0.39 is 0 Å². The first kappa shape index (κ1) is 14.4. The van der Waals surface area contributed by atoms with Crippen molar-refractivity contribution in [1.29, 1.82) is 0 Å². The van der Waals surface area contributed by atoms with E-state index in [1.54, 1.807) is 0 Å². The standard InChI is InChI=1S/C14H29NS/c1-4-15(10-13(2)3)11-14(12-16)8-6-5-7-9-14/h13,16H,4-12H2,1-3H3. The number of nitrogens with zero attached hydrogens (tertiary/aromatic N) is 1. The van der Waals surface area contributed by atoms with Gasteiger partial charge in [0.25, 0.3) is 0 Å². The van der Waals surface area contributed by atoms with E-state index in [-0.39, 0.29) is 0 Å². The van der Waals surface area contributed by atoms with Crippen LogP contribution in [0.25, 0.3) is 0 Å². The van der Waals surface area contributed by atoms with Crippen LogP contribution < -0.4 is 0 Å². The van der Waals surface area contributed by atoms with Crippen LogP contribution in [0.2, 0.25) is 0 Å². The molecule has 0 aromatic heterocycles. The molecule has 1 saturated carbocycles. The van der Waals surface area contributed by atoms with Gasteiger partial charge in [0.2, 0.25) is 0 Å². The van der Waals surface area contributed by atoms with Crippen molar-refractivity contribution in [3.05, 3.63) is 0 Å². The summed E-state index contributed by atoms with van der Waals surface area (Å²) in [4.78, 5) is 2.63. The van der Waals surface area contributed by atoms with E-state index in [0.717, 1.165) is 11.7 Å². The molecule has 0 aromatic rings. The van der Waals surface area contributed by atoms with Gasteiger partial charge < -0.3 is 4.90 Å². The topological polar surface area (TPSA) is 3.24 Å². The highest BCUT2D eigenvalue weighted by atomic mass is 32.1. The highest BCUT2D eigenvalue weighted by Crippen LogP contribution is 2.38. The minimum Gasteiger partial charge on any atom is -0.303 e. The van der Waals surface area contributed by atoms with Crippen LogP contribution in [0.5, 0.6) is 0 Å². The lowest BCUT2D eigenvalue weighted by Crippen LogP contribution is -2.41. The average Bonchev–Trinajstić information content (AvgIpc) is 2.29. The summed E-state index contributed by atoms with van der Waals surface area (Å²) in [5, 5.41) is 0. The summed E-state index contributed by atoms with van der Waals surface area (Å²) >= 11 is 4.63. The van der Waals surface area contributed by atoms with Gasteiger partial charge in [0.05, 0.1) is 0 Å². The van der Waals surface area contributed by atoms with Crippen molar-refractivity contribution in [3.63, 3.8) is 0 Å². The molecule has 0 bridgehead atoms. The monoisotopic (exact) mass is 243 g/mol. The van der Waals surface area contributed by atoms with Crippen molar-refractivity contribution in [2.75, 3.05) is 25.4 Å². The maximum absolute atomic E-state index is 4.63. The summed E-state index contributed by atoms with van der Waals surface area (Å²) < 4.78 is 0. The summed E-state index contributed by atoms with van der Waals surface area (Å²) in [7, 11) is 0. The second kappa shape index (κ2) is 6.90. The zero-order chi connectivity index (χ0) is 12.0. The largest absolute Gasteiger partial charge is 0.303 e. The van der Waals surface area contributed by atoms with Crippen molar-refractivity contribution >= 4 is 12.6 Å². The Morgan fingerprint density at radius 3 is 2.25 bits per heavy atom. The van der Waals surface area contributed by atoms with Gasteiger partial charge in [0.15, 0.2) is 0 Å². The normalized spacial score (nSPS) is 20.6. The molecule has 0 N–H and O–H groups in total. The zero-order valence-corrected chi connectivity index (χ0v) is 12.2. The van der Waals surface area contributed by atoms with Crippen LogP contribution in [0, 0.1) is 11.3 Å². The van der Waals surface area contributed by atoms with Gasteiger partial charge in [-0.1, -0.05) is 40.0 Å². The molecular weight excluding hydrogens is 214 g/mol. The van der Waals surface area contributed by atoms with E-state index in [1.807, 2.05) is 0 Å². The van der Waals surface area contributed by atoms with E-state index in [0.29, 0.717) is 5.41 Å². The third kappa shape index (κ3) is 4.29. The molecule has 16 heavy (non-hydrogen) atoms. The SMILES string of the molecule is CCN(CC(C)C)CC1(CS)CCCCC1. The second-order valence-corrected chi connectivity index (χ2v) is 6.26. The molecule has 2 heteroatoms. The quantitative estimate of drug-likeness (QED) is 0.694. The molecule has 96 valence electrons. The van der Waals surface area contributed by atoms with Gasteiger partial charge in [0, 0.05) is 13.1 Å². The first-order valence-electron chi connectivity index (χ1n) is 6.95. The maximum atomic E-state index is 4.63. The van der Waals surface area contributed by atoms with Crippen LogP contribution in [0.4, 0.5) is 0 Å². The first-order chi connectivity index (χ1) is 7.62. The molecule has 1 aliphatic carbocycles. The molecule has 0 unspecified atom stereocenters. The Balaban J connectivity index is 2.51. The van der Waals surface area contributed by atoms with Crippen molar-refractivity contribution in [3.8, 4) is 0 Å². The average molecular weight is 243 g/mol. The van der Waals surface area contributed by atoms with Crippen molar-refractivity contribution < 1.29 is 0 Å². The highest BCUT2D eigenvalue weighted by Gasteiger charge is 2.32. The summed E-state index contributed by atoms with van der Waals surface area (Å²) in [5.41, 5.74) is 0.520. The fourth-order valence-electron chi connectivity index (χ4n) is 2.96. The molecule has 0 saturated heterocycles. The van der Waals surface area contributed by atoms with Crippen LogP contribution in [-0.4, -0.2) is 30.3 Å². The molecule has 0 aliphatic heterocycles. The third-order valence-corrected chi connectivity index (χ3v) is 4.55. The molecule has 1 nitrogen and oxygen atoms in total. The van der Waals surface area contributed by atoms with Crippen molar-refractivity contribution in [1.82, 2.24) is 4.90 Å². The van der Waals surface area contributed by atoms with E-state index in [1.165, 1.54) is 51.7 Å². The Hall–Kier alpha value is 0.310. The van der Waals surface area contributed by atoms with Crippen LogP contribution >= 0.6 is 12.6 Å². The number of rotatable bonds is 6. The summed E-state index contributed by atoms with van der Waals surface area (Å²) in [5.74, 6) is 1.85. The van der Waals surface area contributed by atoms with Crippen LogP contribution in [0.3, 0.4) is 0 Å². The second-order valence-electron chi connectivity index (χ2n) is 5.94. The molecule has 0 radical (unpaired) electrons. The van der Waals surface area contributed by atoms with Crippen molar-refractivity contribution in [2.45, 2.75) is 52.9 Å². The number of hydrogen-bond donors (Lipinski definition) is 1. The van der Waals surface area contributed by atoms with E-state index >= 15 is 0 Å². The van der Waals surface area contributed by atoms with Gasteiger partial charge in [0.1, 0.15) is 0 Å². The minimum atomic E-state index is 0.520. The van der Waals surface area contributed by atoms with E-state index in [4.69, 9.17) is 0 Å². The lowest BCUT2D eigenvalue weighted by molar-refractivity contribution is 0.121. The predicted molar refractivity (Wildman–Crippen MR) is 76.3 cm³/mol. The summed E-state index contributed by atoms with van der Waals surface area (Å²) in [6, 6.07) is 0. The molecule has 1 fully saturated rings. The first-order valence-corrected chi connectivity index (χ1v) is 7.58. The summed E-state index contributed by atoms with van der Waals surface area (Å²) in [6.45, 7) is 10.6. The van der Waals surface area contributed by atoms with E-state index in [9.17, 15) is 0 Å². The molecule has 0 atom stereocenters. The van der Waals surface area contributed by atoms with Gasteiger partial charge in [-0.2, -0.15) is 12.6 Å². The lowest BCUT2D eigenvalue weighted by atomic mass is 9.75. The van der Waals surface area contributed by atoms with Crippen LogP contribution in [0.1, 0.15) is 52.9 Å². The molecule has 0 heterocycles. The molecule has 0 aromatic carbocycles. The number of thiol groups is 1. The Kier molecular flexibility index (Phi) is 6.20. The molecular formula is C14H29NS. The van der Waals surface area contributed by atoms with Crippen LogP contribution in [-0.2, 0) is 0 Å². The molecule has 1 rings (SSSR count). The van der Waals surface area contributed by atoms with Gasteiger partial charge in [-0.05, 0) is 36.5 Å². The fraction of sp³-hybridized carbons (Fsp3) is 1.00. The summed E-state index contributed by atoms with van der Waals surface area (Å²) in [6.07, 6.45) is 7.06. The lowest BCUT2D eigenvalue weighted by Gasteiger charge is -2.40. The zero-order valence-electron chi connectivity index (χ0n) is 11.3. The number of hydrogen-bond acceptors (Lipinski definition) is 2. The molecule has 0 spiro atoms. The predicted octanol–water partition coefficient (Wildman–Crippen LogP) is 3.84. The van der Waals surface area contributed by atoms with Crippen LogP contribution in [0.15, 0.2) is 0 Å². The molecule has 0 amide bonds. The van der Waals surface area contributed by atoms with Crippen molar-refractivity contribution in [2.24, 2.45) is 11.3 Å². The maximum Gasteiger partial charge on any atom is 0.00458 e. The smallest absolute Gasteiger partial charge is 0.00458 e. The Bertz CT molecular complexity index is 185. The minimum absolute atomic E-state index is 0.520. The fourth-order valence-corrected chi connectivity index (χ4v) is 3.38. The Morgan fingerprint density at radius 1 is 1.19 bits per heavy atom. The Morgan fingerprint density at radius 2 is 1.81 bits per heavy atom.